The second kappa shape index (κ2) is 46.6. The number of aromatic amines is 3. The van der Waals surface area contributed by atoms with Crippen molar-refractivity contribution >= 4 is 166 Å². The number of H-pyrrole nitrogens is 3. The molecule has 0 radical (unpaired) electrons. The van der Waals surface area contributed by atoms with Crippen molar-refractivity contribution in [2.75, 3.05) is 36.6 Å². The van der Waals surface area contributed by atoms with Gasteiger partial charge in [0.25, 0.3) is 0 Å². The van der Waals surface area contributed by atoms with Gasteiger partial charge in [0.1, 0.15) is 78.5 Å². The van der Waals surface area contributed by atoms with Crippen molar-refractivity contribution in [3.05, 3.63) is 90.3 Å². The highest BCUT2D eigenvalue weighted by Gasteiger charge is 2.40. The van der Waals surface area contributed by atoms with Gasteiger partial charge in [-0.3, -0.25) is 76.7 Å². The molecule has 14 amide bonds. The Labute approximate surface area is 705 Å². The van der Waals surface area contributed by atoms with Crippen molar-refractivity contribution in [3.63, 3.8) is 0 Å². The molecular formula is C76H105N19O21S4. The zero-order valence-corrected chi connectivity index (χ0v) is 70.6. The molecule has 15 atom stereocenters. The van der Waals surface area contributed by atoms with E-state index in [2.05, 4.69) is 99.7 Å². The molecule has 5 heterocycles. The SMILES string of the molecule is CN[C@H]1CSSC[C@@H](C(=O)O)NC(=O)C([C@@H](C)O)NC(=O)[C@@H]2CSSC[C@H](NC(=O)[C@H](CC(=O)O)NC1=O)C(=O)N[C@@H](C)C(=O)N[C@@H](Cc1c[nH]c3ccccc13)C(=O)N[C@@H](Cc1c[nH]cn1)C(=O)N[C@@H](CC(C)C)C(=O)NCC(=O)N[C@@H](CCC(=O)O)C(=O)N[C@@H](CC(C)C)C(=O)N[C@@H](C(C)C)C(=O)N[C@@H](Cc1c[nH]c3ccccc13)C(=O)N2. The Morgan fingerprint density at radius 3 is 1.44 bits per heavy atom. The third-order valence-corrected chi connectivity index (χ3v) is 24.0. The predicted octanol–water partition coefficient (Wildman–Crippen LogP) is -2.23. The molecular weight excluding hydrogens is 1640 g/mol. The third kappa shape index (κ3) is 29.5. The number of carboxylic acids is 3. The van der Waals surface area contributed by atoms with Gasteiger partial charge in [-0.15, -0.1) is 0 Å². The lowest BCUT2D eigenvalue weighted by atomic mass is 9.98. The number of aliphatic carboxylic acids is 3. The van der Waals surface area contributed by atoms with Crippen molar-refractivity contribution in [2.45, 2.75) is 197 Å². The second-order valence-electron chi connectivity index (χ2n) is 30.1. The smallest absolute Gasteiger partial charge is 0.327 e. The quantitative estimate of drug-likeness (QED) is 0.0389. The average molecular weight is 1750 g/mol. The molecule has 2 aliphatic heterocycles. The van der Waals surface area contributed by atoms with Crippen LogP contribution in [0.1, 0.15) is 104 Å². The minimum atomic E-state index is -1.96. The van der Waals surface area contributed by atoms with Crippen molar-refractivity contribution in [2.24, 2.45) is 17.8 Å². The molecule has 0 spiro atoms. The van der Waals surface area contributed by atoms with Crippen molar-refractivity contribution in [1.82, 2.24) is 99.7 Å². The van der Waals surface area contributed by atoms with Gasteiger partial charge in [0.05, 0.1) is 37.1 Å². The van der Waals surface area contributed by atoms with Gasteiger partial charge in [-0.1, -0.05) is 121 Å². The molecule has 1 unspecified atom stereocenters. The lowest BCUT2D eigenvalue weighted by Crippen LogP contribution is -2.62. The first-order chi connectivity index (χ1) is 56.9. The number of benzene rings is 2. The fourth-order valence-corrected chi connectivity index (χ4v) is 17.4. The minimum Gasteiger partial charge on any atom is -0.481 e. The number of aliphatic hydroxyl groups is 1. The number of fused-ring (bicyclic) bond motifs is 7. The molecule has 3 aromatic heterocycles. The van der Waals surface area contributed by atoms with E-state index in [0.717, 1.165) is 50.1 Å². The molecule has 654 valence electrons. The van der Waals surface area contributed by atoms with Crippen molar-refractivity contribution in [1.29, 1.82) is 0 Å². The van der Waals surface area contributed by atoms with Crippen LogP contribution in [-0.2, 0) is 101 Å². The van der Waals surface area contributed by atoms with Gasteiger partial charge in [0.15, 0.2) is 0 Å². The summed E-state index contributed by atoms with van der Waals surface area (Å²) in [7, 11) is 4.60. The summed E-state index contributed by atoms with van der Waals surface area (Å²) >= 11 is 0. The van der Waals surface area contributed by atoms with Crippen LogP contribution < -0.4 is 79.8 Å². The normalized spacial score (nSPS) is 25.6. The Morgan fingerprint density at radius 2 is 0.925 bits per heavy atom. The molecule has 2 bridgehead atoms. The number of amides is 14. The molecule has 2 fully saturated rings. The van der Waals surface area contributed by atoms with Gasteiger partial charge in [-0.05, 0) is 81.2 Å². The fourth-order valence-electron chi connectivity index (χ4n) is 12.7. The predicted molar refractivity (Wildman–Crippen MR) is 445 cm³/mol. The number of hydrogen-bond acceptors (Lipinski definition) is 24. The third-order valence-electron chi connectivity index (χ3n) is 19.2. The number of likely N-dealkylation sites (N-methyl/N-ethyl adjacent to an activating group) is 1. The van der Waals surface area contributed by atoms with Crippen LogP contribution in [0.15, 0.2) is 73.4 Å². The molecule has 0 aliphatic carbocycles. The van der Waals surface area contributed by atoms with E-state index in [1.807, 2.05) is 0 Å². The largest absolute Gasteiger partial charge is 0.481 e. The van der Waals surface area contributed by atoms with E-state index in [1.165, 1.54) is 26.5 Å². The highest BCUT2D eigenvalue weighted by molar-refractivity contribution is 8.77. The first kappa shape index (κ1) is 96.2. The summed E-state index contributed by atoms with van der Waals surface area (Å²) in [6.07, 6.45) is 0.588. The maximum atomic E-state index is 15.4. The first-order valence-electron chi connectivity index (χ1n) is 38.7. The molecule has 7 rings (SSSR count). The summed E-state index contributed by atoms with van der Waals surface area (Å²) in [5.74, 6) is -22.6. The molecule has 2 aromatic carbocycles. The highest BCUT2D eigenvalue weighted by Crippen LogP contribution is 2.27. The van der Waals surface area contributed by atoms with E-state index in [4.69, 9.17) is 0 Å². The summed E-state index contributed by atoms with van der Waals surface area (Å²) in [5.41, 5.74) is 2.35. The number of carboxylic acid groups (broad SMARTS) is 3. The highest BCUT2D eigenvalue weighted by atomic mass is 33.1. The van der Waals surface area contributed by atoms with E-state index in [-0.39, 0.29) is 55.4 Å². The summed E-state index contributed by atoms with van der Waals surface area (Å²) in [6, 6.07) is -9.42. The maximum absolute atomic E-state index is 15.4. The van der Waals surface area contributed by atoms with E-state index < -0.39 is 240 Å². The van der Waals surface area contributed by atoms with Gasteiger partial charge in [-0.25, -0.2) is 9.78 Å². The van der Waals surface area contributed by atoms with Crippen LogP contribution in [0.4, 0.5) is 0 Å². The number of nitrogens with one attached hydrogen (secondary N) is 18. The fraction of sp³-hybridized carbons (Fsp3) is 0.526. The summed E-state index contributed by atoms with van der Waals surface area (Å²) in [4.78, 5) is 256. The van der Waals surface area contributed by atoms with Crippen LogP contribution in [0.3, 0.4) is 0 Å². The Bertz CT molecular complexity index is 4490. The standard InChI is InChI=1S/C76H105N19O21S4/c1-35(2)20-48-64(103)81-29-58(97)84-47(18-19-59(98)99)65(104)87-49(21-36(3)4)70(109)94-61(37(5)6)74(113)90-51(23-41-27-80-46-17-13-11-15-44(41)46)67(106)92-56-32-119-118-31-55(91-69(108)53(25-60(100)101)89-71(110)54(77-9)30-117-120-33-57(76(115)116)93-75(114)62(39(8)96)95-73(56)112)72(111)83-38(7)63(102)85-50(22-40-26-79-45-16-12-10-14-43(40)45)66(105)88-52(68(107)86-48)24-42-28-78-34-82-42/h10-17,26-28,34-39,47-57,61-62,77,79-80,96H,18-25,29-33H2,1-9H3,(H,78,82)(H,81,103)(H,83,111)(H,84,97)(H,85,102)(H,86,107)(H,87,104)(H,88,105)(H,89,110)(H,90,113)(H,91,108)(H,92,106)(H,93,114)(H,94,109)(H,95,112)(H,98,99)(H,100,101)(H,115,116)/t38-,39+,47-,48-,49-,50-,51-,52-,53-,54-,55-,56-,57-,61-,62?/m0/s1. The summed E-state index contributed by atoms with van der Waals surface area (Å²) in [6.45, 7) is 11.4. The van der Waals surface area contributed by atoms with E-state index in [0.29, 0.717) is 32.9 Å². The topological polar surface area (TPSA) is 612 Å². The van der Waals surface area contributed by atoms with Crippen LogP contribution in [0.5, 0.6) is 0 Å². The lowest BCUT2D eigenvalue weighted by molar-refractivity contribution is -0.142. The molecule has 40 nitrogen and oxygen atoms in total. The number of hydrogen-bond donors (Lipinski definition) is 22. The van der Waals surface area contributed by atoms with Gasteiger partial charge < -0.3 is 115 Å². The Balaban J connectivity index is 1.36. The monoisotopic (exact) mass is 1750 g/mol. The van der Waals surface area contributed by atoms with E-state index >= 15 is 19.2 Å². The van der Waals surface area contributed by atoms with Gasteiger partial charge in [0, 0.05) is 89.1 Å². The number of carbonyl (C=O) groups excluding carboxylic acids is 14. The lowest BCUT2D eigenvalue weighted by Gasteiger charge is -2.29. The maximum Gasteiger partial charge on any atom is 0.327 e. The van der Waals surface area contributed by atoms with Crippen molar-refractivity contribution < 1.29 is 102 Å². The number of imidazole rings is 1. The Kier molecular flexibility index (Phi) is 37.3. The van der Waals surface area contributed by atoms with E-state index in [1.54, 1.807) is 102 Å². The van der Waals surface area contributed by atoms with Crippen LogP contribution >= 0.6 is 43.2 Å². The Morgan fingerprint density at radius 1 is 0.467 bits per heavy atom. The minimum absolute atomic E-state index is 0.0702. The van der Waals surface area contributed by atoms with Crippen LogP contribution in [0.25, 0.3) is 21.8 Å². The zero-order chi connectivity index (χ0) is 88.2. The van der Waals surface area contributed by atoms with Gasteiger partial charge >= 0.3 is 17.9 Å². The van der Waals surface area contributed by atoms with Crippen LogP contribution in [-0.4, -0.2) is 268 Å². The molecule has 5 aromatic rings. The second-order valence-corrected chi connectivity index (χ2v) is 35.2. The number of nitrogens with zero attached hydrogens (tertiary/aromatic N) is 1. The van der Waals surface area contributed by atoms with E-state index in [9.17, 15) is 82.8 Å². The molecule has 2 saturated heterocycles. The number of aromatic nitrogens is 4. The van der Waals surface area contributed by atoms with Crippen molar-refractivity contribution in [3.8, 4) is 0 Å². The average Bonchev–Trinajstić information content (AvgIpc) is 1.69. The molecule has 2 aliphatic rings. The Hall–Kier alpha value is -11.0. The number of rotatable bonds is 19. The van der Waals surface area contributed by atoms with Gasteiger partial charge in [0.2, 0.25) is 82.7 Å². The number of aliphatic hydroxyl groups excluding tert-OH is 1. The first-order valence-corrected chi connectivity index (χ1v) is 43.7. The molecule has 0 saturated carbocycles. The van der Waals surface area contributed by atoms with Crippen LogP contribution in [0.2, 0.25) is 0 Å². The molecule has 120 heavy (non-hydrogen) atoms. The van der Waals surface area contributed by atoms with Crippen LogP contribution in [0, 0.1) is 17.8 Å². The zero-order valence-electron chi connectivity index (χ0n) is 67.3. The number of carbonyl (C=O) groups is 17. The van der Waals surface area contributed by atoms with Gasteiger partial charge in [-0.2, -0.15) is 0 Å². The summed E-state index contributed by atoms with van der Waals surface area (Å²) < 4.78 is 0. The molecule has 22 N–H and O–H groups in total. The number of para-hydroxylation sites is 2. The summed E-state index contributed by atoms with van der Waals surface area (Å²) in [5, 5.41) is 80.9. The molecule has 44 heteroatoms.